The maximum Gasteiger partial charge on any atom is 0.232 e. The van der Waals surface area contributed by atoms with E-state index >= 15 is 0 Å². The summed E-state index contributed by atoms with van der Waals surface area (Å²) in [5, 5.41) is -0.0863. The van der Waals surface area contributed by atoms with Gasteiger partial charge in [-0.15, -0.1) is 0 Å². The molecule has 0 fully saturated rings. The van der Waals surface area contributed by atoms with Crippen LogP contribution in [-0.4, -0.2) is 11.7 Å². The fourth-order valence-electron chi connectivity index (χ4n) is 3.92. The molecule has 2 aromatic carbocycles. The Labute approximate surface area is 160 Å². The summed E-state index contributed by atoms with van der Waals surface area (Å²) < 4.78 is 27.3. The van der Waals surface area contributed by atoms with Crippen molar-refractivity contribution in [3.63, 3.8) is 0 Å². The van der Waals surface area contributed by atoms with E-state index in [4.69, 9.17) is 11.6 Å². The highest BCUT2D eigenvalue weighted by Crippen LogP contribution is 2.43. The molecule has 2 aliphatic rings. The van der Waals surface area contributed by atoms with Crippen LogP contribution < -0.4 is 4.90 Å². The van der Waals surface area contributed by atoms with Crippen molar-refractivity contribution in [1.29, 1.82) is 0 Å². The molecule has 1 unspecified atom stereocenters. The van der Waals surface area contributed by atoms with Crippen molar-refractivity contribution in [2.24, 2.45) is 0 Å². The van der Waals surface area contributed by atoms with Crippen LogP contribution in [0.1, 0.15) is 37.2 Å². The molecule has 1 heterocycles. The van der Waals surface area contributed by atoms with Crippen LogP contribution in [0.25, 0.3) is 0 Å². The van der Waals surface area contributed by atoms with Crippen LogP contribution in [0.2, 0.25) is 5.02 Å². The minimum absolute atomic E-state index is 0.0313. The van der Waals surface area contributed by atoms with Crippen molar-refractivity contribution in [3.8, 4) is 0 Å². The summed E-state index contributed by atoms with van der Waals surface area (Å²) in [5.74, 6) is -1.70. The van der Waals surface area contributed by atoms with Crippen LogP contribution in [0.5, 0.6) is 0 Å². The lowest BCUT2D eigenvalue weighted by atomic mass is 9.77. The molecule has 4 rings (SSSR count). The maximum absolute atomic E-state index is 13.7. The first-order valence-electron chi connectivity index (χ1n) is 8.75. The predicted molar refractivity (Wildman–Crippen MR) is 98.5 cm³/mol. The molecule has 1 aliphatic heterocycles. The molecule has 2 aromatic rings. The Balaban J connectivity index is 1.87. The monoisotopic (exact) mass is 387 g/mol. The van der Waals surface area contributed by atoms with E-state index in [0.717, 1.165) is 0 Å². The Morgan fingerprint density at radius 2 is 1.85 bits per heavy atom. The average molecular weight is 388 g/mol. The normalized spacial score (nSPS) is 20.1. The molecule has 0 saturated carbocycles. The molecule has 1 atom stereocenters. The fourth-order valence-corrected chi connectivity index (χ4v) is 4.10. The number of benzene rings is 2. The van der Waals surface area contributed by atoms with E-state index in [1.807, 2.05) is 0 Å². The van der Waals surface area contributed by atoms with Gasteiger partial charge >= 0.3 is 0 Å². The highest BCUT2D eigenvalue weighted by Gasteiger charge is 2.39. The number of halogens is 3. The predicted octanol–water partition coefficient (Wildman–Crippen LogP) is 5.15. The average Bonchev–Trinajstić information content (AvgIpc) is 2.64. The van der Waals surface area contributed by atoms with Gasteiger partial charge in [0.2, 0.25) is 5.91 Å². The van der Waals surface area contributed by atoms with E-state index < -0.39 is 17.6 Å². The van der Waals surface area contributed by atoms with Crippen LogP contribution in [-0.2, 0) is 9.59 Å². The first-order chi connectivity index (χ1) is 13.0. The lowest BCUT2D eigenvalue weighted by molar-refractivity contribution is -0.119. The lowest BCUT2D eigenvalue weighted by Gasteiger charge is -2.38. The number of amides is 1. The summed E-state index contributed by atoms with van der Waals surface area (Å²) in [6.45, 7) is 0. The van der Waals surface area contributed by atoms with Gasteiger partial charge in [-0.25, -0.2) is 8.78 Å². The van der Waals surface area contributed by atoms with Crippen molar-refractivity contribution in [3.05, 3.63) is 76.0 Å². The van der Waals surface area contributed by atoms with Gasteiger partial charge in [-0.1, -0.05) is 23.7 Å². The number of carbonyl (C=O) groups excluding carboxylic acids is 2. The van der Waals surface area contributed by atoms with Crippen molar-refractivity contribution >= 4 is 29.0 Å². The second kappa shape index (κ2) is 6.89. The summed E-state index contributed by atoms with van der Waals surface area (Å²) >= 11 is 5.89. The third-order valence-electron chi connectivity index (χ3n) is 5.09. The number of ketones is 1. The smallest absolute Gasteiger partial charge is 0.232 e. The summed E-state index contributed by atoms with van der Waals surface area (Å²) in [4.78, 5) is 27.2. The maximum atomic E-state index is 13.7. The van der Waals surface area contributed by atoms with Crippen molar-refractivity contribution in [1.82, 2.24) is 0 Å². The summed E-state index contributed by atoms with van der Waals surface area (Å²) in [7, 11) is 0. The minimum atomic E-state index is -0.573. The number of hydrogen-bond donors (Lipinski definition) is 0. The van der Waals surface area contributed by atoms with Crippen LogP contribution in [0, 0.1) is 11.6 Å². The quantitative estimate of drug-likeness (QED) is 0.715. The van der Waals surface area contributed by atoms with Crippen LogP contribution >= 0.6 is 11.6 Å². The SMILES string of the molecule is O=C1CCCC2=C1C(c1cccc(F)c1)CC(=O)N2c1ccc(F)c(Cl)c1. The number of nitrogens with zero attached hydrogens (tertiary/aromatic N) is 1. The third-order valence-corrected chi connectivity index (χ3v) is 5.38. The number of anilines is 1. The van der Waals surface area contributed by atoms with Crippen molar-refractivity contribution in [2.45, 2.75) is 31.6 Å². The third kappa shape index (κ3) is 3.16. The second-order valence-corrected chi connectivity index (χ2v) is 7.18. The van der Waals surface area contributed by atoms with Gasteiger partial charge < -0.3 is 0 Å². The second-order valence-electron chi connectivity index (χ2n) is 6.78. The van der Waals surface area contributed by atoms with Crippen molar-refractivity contribution in [2.75, 3.05) is 4.90 Å². The highest BCUT2D eigenvalue weighted by atomic mass is 35.5. The van der Waals surface area contributed by atoms with Gasteiger partial charge in [-0.05, 0) is 48.7 Å². The molecule has 1 aliphatic carbocycles. The first-order valence-corrected chi connectivity index (χ1v) is 9.13. The van der Waals surface area contributed by atoms with Crippen LogP contribution in [0.4, 0.5) is 14.5 Å². The molecule has 0 aromatic heterocycles. The summed E-state index contributed by atoms with van der Waals surface area (Å²) in [6, 6.07) is 10.1. The molecular weight excluding hydrogens is 372 g/mol. The van der Waals surface area contributed by atoms with Gasteiger partial charge in [0.05, 0.1) is 10.7 Å². The zero-order chi connectivity index (χ0) is 19.1. The molecule has 27 heavy (non-hydrogen) atoms. The summed E-state index contributed by atoms with van der Waals surface area (Å²) in [6.07, 6.45) is 1.62. The molecule has 0 bridgehead atoms. The number of Topliss-reactive ketones (excluding diaryl/α,β-unsaturated/α-hetero) is 1. The molecule has 3 nitrogen and oxygen atoms in total. The molecule has 0 radical (unpaired) electrons. The molecule has 6 heteroatoms. The first kappa shape index (κ1) is 17.9. The minimum Gasteiger partial charge on any atom is -0.294 e. The Morgan fingerprint density at radius 1 is 1.04 bits per heavy atom. The Kier molecular flexibility index (Phi) is 4.56. The Morgan fingerprint density at radius 3 is 2.59 bits per heavy atom. The van der Waals surface area contributed by atoms with Crippen LogP contribution in [0.15, 0.2) is 53.7 Å². The fraction of sp³-hybridized carbons (Fsp3) is 0.238. The molecule has 0 spiro atoms. The molecule has 138 valence electrons. The highest BCUT2D eigenvalue weighted by molar-refractivity contribution is 6.31. The lowest BCUT2D eigenvalue weighted by Crippen LogP contribution is -2.40. The molecule has 0 saturated heterocycles. The van der Waals surface area contributed by atoms with Gasteiger partial charge in [-0.3, -0.25) is 14.5 Å². The Hall–Kier alpha value is -2.53. The van der Waals surface area contributed by atoms with E-state index in [1.165, 1.54) is 35.2 Å². The van der Waals surface area contributed by atoms with Gasteiger partial charge in [0, 0.05) is 30.0 Å². The van der Waals surface area contributed by atoms with Crippen LogP contribution in [0.3, 0.4) is 0 Å². The standard InChI is InChI=1S/C21H16ClF2NO2/c22-16-10-14(7-8-17(16)24)25-18-5-2-6-19(26)21(18)15(11-20(25)27)12-3-1-4-13(23)9-12/h1,3-4,7-10,15H,2,5-6,11H2. The molecule has 0 N–H and O–H groups in total. The number of carbonyl (C=O) groups is 2. The number of allylic oxidation sites excluding steroid dienone is 2. The van der Waals surface area contributed by atoms with Crippen molar-refractivity contribution < 1.29 is 18.4 Å². The topological polar surface area (TPSA) is 37.4 Å². The number of rotatable bonds is 2. The zero-order valence-electron chi connectivity index (χ0n) is 14.3. The Bertz CT molecular complexity index is 986. The van der Waals surface area contributed by atoms with E-state index in [-0.39, 0.29) is 23.1 Å². The van der Waals surface area contributed by atoms with Gasteiger partial charge in [0.25, 0.3) is 0 Å². The van der Waals surface area contributed by atoms with Gasteiger partial charge in [0.15, 0.2) is 5.78 Å². The largest absolute Gasteiger partial charge is 0.294 e. The number of hydrogen-bond acceptors (Lipinski definition) is 2. The van der Waals surface area contributed by atoms with E-state index in [0.29, 0.717) is 41.8 Å². The summed E-state index contributed by atoms with van der Waals surface area (Å²) in [5.41, 5.74) is 2.21. The van der Waals surface area contributed by atoms with E-state index in [9.17, 15) is 18.4 Å². The van der Waals surface area contributed by atoms with E-state index in [1.54, 1.807) is 12.1 Å². The van der Waals surface area contributed by atoms with E-state index in [2.05, 4.69) is 0 Å². The molecule has 1 amide bonds. The zero-order valence-corrected chi connectivity index (χ0v) is 15.1. The van der Waals surface area contributed by atoms with Gasteiger partial charge in [-0.2, -0.15) is 0 Å². The molecular formula is C21H16ClF2NO2. The van der Waals surface area contributed by atoms with Gasteiger partial charge in [0.1, 0.15) is 11.6 Å².